The highest BCUT2D eigenvalue weighted by Crippen LogP contribution is 2.29. The van der Waals surface area contributed by atoms with E-state index in [1.165, 1.54) is 7.11 Å². The largest absolute Gasteiger partial charge is 0.469 e. The lowest BCUT2D eigenvalue weighted by molar-refractivity contribution is -0.139. The number of nitrogens with zero attached hydrogens (tertiary/aromatic N) is 1. The Hall–Kier alpha value is -2.04. The molecule has 3 aromatic rings. The second-order valence-electron chi connectivity index (χ2n) is 4.69. The van der Waals surface area contributed by atoms with Crippen LogP contribution in [-0.2, 0) is 16.0 Å². The zero-order valence-corrected chi connectivity index (χ0v) is 13.1. The highest BCUT2D eigenvalue weighted by molar-refractivity contribution is 6.32. The van der Waals surface area contributed by atoms with Gasteiger partial charge in [0, 0.05) is 15.6 Å². The molecule has 1 aromatic heterocycles. The van der Waals surface area contributed by atoms with Gasteiger partial charge in [0.05, 0.1) is 13.5 Å². The van der Waals surface area contributed by atoms with Gasteiger partial charge in [-0.1, -0.05) is 29.3 Å². The standard InChI is InChI=1S/C16H11Cl2NO3/c1-21-15(20)7-9-2-3-10(6-12(9)18)16-19-13-8-11(17)4-5-14(13)22-16/h2-6,8H,7H2,1H3. The van der Waals surface area contributed by atoms with Gasteiger partial charge < -0.3 is 9.15 Å². The fraction of sp³-hybridized carbons (Fsp3) is 0.125. The van der Waals surface area contributed by atoms with E-state index in [1.807, 2.05) is 0 Å². The van der Waals surface area contributed by atoms with Crippen molar-refractivity contribution in [2.75, 3.05) is 7.11 Å². The summed E-state index contributed by atoms with van der Waals surface area (Å²) >= 11 is 12.1. The Labute approximate surface area is 136 Å². The maximum atomic E-state index is 11.3. The van der Waals surface area contributed by atoms with Crippen molar-refractivity contribution >= 4 is 40.3 Å². The minimum atomic E-state index is -0.342. The zero-order valence-electron chi connectivity index (χ0n) is 11.6. The third-order valence-corrected chi connectivity index (χ3v) is 3.80. The highest BCUT2D eigenvalue weighted by Gasteiger charge is 2.12. The molecule has 0 spiro atoms. The molecule has 0 saturated carbocycles. The Bertz CT molecular complexity index is 858. The number of esters is 1. The van der Waals surface area contributed by atoms with Crippen LogP contribution in [0.15, 0.2) is 40.8 Å². The van der Waals surface area contributed by atoms with Gasteiger partial charge in [-0.25, -0.2) is 4.98 Å². The Kier molecular flexibility index (Phi) is 4.05. The van der Waals surface area contributed by atoms with Crippen LogP contribution in [0.1, 0.15) is 5.56 Å². The fourth-order valence-corrected chi connectivity index (χ4v) is 2.49. The lowest BCUT2D eigenvalue weighted by atomic mass is 10.1. The van der Waals surface area contributed by atoms with Crippen LogP contribution in [0, 0.1) is 0 Å². The lowest BCUT2D eigenvalue weighted by Crippen LogP contribution is -2.04. The SMILES string of the molecule is COC(=O)Cc1ccc(-c2nc3cc(Cl)ccc3o2)cc1Cl. The van der Waals surface area contributed by atoms with Gasteiger partial charge in [-0.2, -0.15) is 0 Å². The van der Waals surface area contributed by atoms with E-state index in [4.69, 9.17) is 27.6 Å². The first-order chi connectivity index (χ1) is 10.6. The molecule has 0 saturated heterocycles. The molecule has 3 rings (SSSR count). The summed E-state index contributed by atoms with van der Waals surface area (Å²) in [5.74, 6) is 0.106. The topological polar surface area (TPSA) is 52.3 Å². The molecule has 0 bridgehead atoms. The number of hydrogen-bond acceptors (Lipinski definition) is 4. The summed E-state index contributed by atoms with van der Waals surface area (Å²) in [6.07, 6.45) is 0.124. The van der Waals surface area contributed by atoms with Crippen molar-refractivity contribution < 1.29 is 13.9 Å². The maximum absolute atomic E-state index is 11.3. The Morgan fingerprint density at radius 3 is 2.77 bits per heavy atom. The molecular formula is C16H11Cl2NO3. The Balaban J connectivity index is 1.96. The molecule has 0 fully saturated rings. The summed E-state index contributed by atoms with van der Waals surface area (Å²) < 4.78 is 10.3. The van der Waals surface area contributed by atoms with E-state index < -0.39 is 0 Å². The predicted molar refractivity (Wildman–Crippen MR) is 85.2 cm³/mol. The lowest BCUT2D eigenvalue weighted by Gasteiger charge is -2.04. The van der Waals surface area contributed by atoms with E-state index in [1.54, 1.807) is 36.4 Å². The molecule has 1 heterocycles. The van der Waals surface area contributed by atoms with E-state index in [-0.39, 0.29) is 12.4 Å². The minimum absolute atomic E-state index is 0.124. The number of hydrogen-bond donors (Lipinski definition) is 0. The quantitative estimate of drug-likeness (QED) is 0.660. The summed E-state index contributed by atoms with van der Waals surface area (Å²) in [5, 5.41) is 1.06. The smallest absolute Gasteiger partial charge is 0.310 e. The van der Waals surface area contributed by atoms with Gasteiger partial charge in [0.2, 0.25) is 5.89 Å². The van der Waals surface area contributed by atoms with E-state index in [0.29, 0.717) is 32.6 Å². The van der Waals surface area contributed by atoms with Gasteiger partial charge in [0.15, 0.2) is 5.58 Å². The van der Waals surface area contributed by atoms with Crippen molar-refractivity contribution in [1.29, 1.82) is 0 Å². The number of fused-ring (bicyclic) bond motifs is 1. The van der Waals surface area contributed by atoms with Crippen LogP contribution in [-0.4, -0.2) is 18.1 Å². The minimum Gasteiger partial charge on any atom is -0.469 e. The van der Waals surface area contributed by atoms with Crippen LogP contribution in [0.5, 0.6) is 0 Å². The molecule has 0 radical (unpaired) electrons. The Morgan fingerprint density at radius 1 is 1.23 bits per heavy atom. The van der Waals surface area contributed by atoms with E-state index in [2.05, 4.69) is 9.72 Å². The van der Waals surface area contributed by atoms with E-state index in [9.17, 15) is 4.79 Å². The first-order valence-electron chi connectivity index (χ1n) is 6.48. The number of aromatic nitrogens is 1. The van der Waals surface area contributed by atoms with E-state index in [0.717, 1.165) is 5.56 Å². The summed E-state index contributed by atoms with van der Waals surface area (Å²) in [6.45, 7) is 0. The number of benzene rings is 2. The molecule has 4 nitrogen and oxygen atoms in total. The second-order valence-corrected chi connectivity index (χ2v) is 5.53. The average molecular weight is 336 g/mol. The molecule has 0 amide bonds. The molecule has 2 aromatic carbocycles. The average Bonchev–Trinajstić information content (AvgIpc) is 2.92. The molecule has 22 heavy (non-hydrogen) atoms. The normalized spacial score (nSPS) is 10.9. The fourth-order valence-electron chi connectivity index (χ4n) is 2.08. The number of carbonyl (C=O) groups excluding carboxylic acids is 1. The predicted octanol–water partition coefficient (Wildman–Crippen LogP) is 4.52. The summed E-state index contributed by atoms with van der Waals surface area (Å²) in [5.41, 5.74) is 2.74. The van der Waals surface area contributed by atoms with Crippen molar-refractivity contribution in [2.24, 2.45) is 0 Å². The molecule has 0 unspecified atom stereocenters. The molecule has 0 aliphatic carbocycles. The van der Waals surface area contributed by atoms with Gasteiger partial charge >= 0.3 is 5.97 Å². The molecule has 6 heteroatoms. The van der Waals surface area contributed by atoms with Gasteiger partial charge in [-0.3, -0.25) is 4.79 Å². The van der Waals surface area contributed by atoms with Crippen molar-refractivity contribution in [3.8, 4) is 11.5 Å². The van der Waals surface area contributed by atoms with Crippen LogP contribution < -0.4 is 0 Å². The van der Waals surface area contributed by atoms with Crippen molar-refractivity contribution in [1.82, 2.24) is 4.98 Å². The summed E-state index contributed by atoms with van der Waals surface area (Å²) in [4.78, 5) is 15.7. The number of rotatable bonds is 3. The van der Waals surface area contributed by atoms with E-state index >= 15 is 0 Å². The number of halogens is 2. The zero-order chi connectivity index (χ0) is 15.7. The van der Waals surface area contributed by atoms with Crippen LogP contribution in [0.2, 0.25) is 10.0 Å². The van der Waals surface area contributed by atoms with Gasteiger partial charge in [-0.05, 0) is 35.9 Å². The maximum Gasteiger partial charge on any atom is 0.310 e. The van der Waals surface area contributed by atoms with Gasteiger partial charge in [0.25, 0.3) is 0 Å². The van der Waals surface area contributed by atoms with Crippen LogP contribution in [0.25, 0.3) is 22.6 Å². The van der Waals surface area contributed by atoms with Crippen LogP contribution in [0.4, 0.5) is 0 Å². The Morgan fingerprint density at radius 2 is 2.05 bits per heavy atom. The monoisotopic (exact) mass is 335 g/mol. The van der Waals surface area contributed by atoms with Crippen LogP contribution >= 0.6 is 23.2 Å². The third kappa shape index (κ3) is 2.93. The van der Waals surface area contributed by atoms with Crippen molar-refractivity contribution in [3.63, 3.8) is 0 Å². The first kappa shape index (κ1) is 14.9. The summed E-state index contributed by atoms with van der Waals surface area (Å²) in [7, 11) is 1.34. The molecule has 0 atom stereocenters. The second kappa shape index (κ2) is 5.99. The number of oxazole rings is 1. The number of methoxy groups -OCH3 is 1. The number of carbonyl (C=O) groups is 1. The highest BCUT2D eigenvalue weighted by atomic mass is 35.5. The third-order valence-electron chi connectivity index (χ3n) is 3.21. The number of ether oxygens (including phenoxy) is 1. The molecule has 0 aliphatic rings. The molecule has 112 valence electrons. The first-order valence-corrected chi connectivity index (χ1v) is 7.24. The molecular weight excluding hydrogens is 325 g/mol. The van der Waals surface area contributed by atoms with Crippen LogP contribution in [0.3, 0.4) is 0 Å². The van der Waals surface area contributed by atoms with Gasteiger partial charge in [-0.15, -0.1) is 0 Å². The molecule has 0 aliphatic heterocycles. The van der Waals surface area contributed by atoms with Gasteiger partial charge in [0.1, 0.15) is 5.52 Å². The summed E-state index contributed by atoms with van der Waals surface area (Å²) in [6, 6.07) is 10.5. The van der Waals surface area contributed by atoms with Crippen molar-refractivity contribution in [2.45, 2.75) is 6.42 Å². The molecule has 0 N–H and O–H groups in total. The van der Waals surface area contributed by atoms with Crippen molar-refractivity contribution in [3.05, 3.63) is 52.0 Å².